The van der Waals surface area contributed by atoms with Crippen LogP contribution in [0.1, 0.15) is 12.3 Å². The van der Waals surface area contributed by atoms with E-state index in [2.05, 4.69) is 10.1 Å². The minimum Gasteiger partial charge on any atom is -0.343 e. The van der Waals surface area contributed by atoms with Crippen molar-refractivity contribution < 1.29 is 27.3 Å². The van der Waals surface area contributed by atoms with E-state index in [1.807, 2.05) is 0 Å². The lowest BCUT2D eigenvalue weighted by Gasteiger charge is -2.33. The molecule has 2 saturated heterocycles. The fraction of sp³-hybridized carbons (Fsp3) is 0.500. The number of amides is 2. The highest BCUT2D eigenvalue weighted by molar-refractivity contribution is 5.82. The monoisotopic (exact) mass is 437 g/mol. The Morgan fingerprint density at radius 1 is 1.19 bits per heavy atom. The van der Waals surface area contributed by atoms with Gasteiger partial charge in [0.1, 0.15) is 0 Å². The second-order valence-corrected chi connectivity index (χ2v) is 7.96. The number of nitrogens with zero attached hydrogens (tertiary/aromatic N) is 5. The summed E-state index contributed by atoms with van der Waals surface area (Å²) in [7, 11) is 1.67. The fourth-order valence-corrected chi connectivity index (χ4v) is 3.91. The van der Waals surface area contributed by atoms with Crippen molar-refractivity contribution in [3.8, 4) is 11.4 Å². The molecule has 0 spiro atoms. The van der Waals surface area contributed by atoms with E-state index in [1.54, 1.807) is 47.2 Å². The number of likely N-dealkylation sites (tertiary alicyclic amines) is 1. The first kappa shape index (κ1) is 21.3. The number of halogens is 3. The molecule has 166 valence electrons. The SMILES string of the molecule is CN1CCN(CC(=O)N2CCC(c3nc(-c4ccccc4)no3)(C(F)(F)F)C2)CC1=O. The molecule has 2 fully saturated rings. The van der Waals surface area contributed by atoms with Gasteiger partial charge in [-0.2, -0.15) is 18.2 Å². The van der Waals surface area contributed by atoms with Crippen LogP contribution in [-0.4, -0.2) is 89.1 Å². The van der Waals surface area contributed by atoms with Crippen molar-refractivity contribution in [1.82, 2.24) is 24.8 Å². The van der Waals surface area contributed by atoms with Gasteiger partial charge in [-0.05, 0) is 6.42 Å². The zero-order valence-electron chi connectivity index (χ0n) is 16.9. The van der Waals surface area contributed by atoms with Crippen molar-refractivity contribution in [1.29, 1.82) is 0 Å². The molecule has 2 aliphatic heterocycles. The van der Waals surface area contributed by atoms with Crippen molar-refractivity contribution in [2.75, 3.05) is 46.3 Å². The molecule has 0 aliphatic carbocycles. The topological polar surface area (TPSA) is 82.8 Å². The van der Waals surface area contributed by atoms with E-state index in [0.717, 1.165) is 0 Å². The van der Waals surface area contributed by atoms with Crippen LogP contribution in [-0.2, 0) is 15.0 Å². The van der Waals surface area contributed by atoms with Gasteiger partial charge in [-0.3, -0.25) is 14.5 Å². The van der Waals surface area contributed by atoms with Gasteiger partial charge in [-0.1, -0.05) is 35.5 Å². The first-order valence-electron chi connectivity index (χ1n) is 9.90. The third-order valence-electron chi connectivity index (χ3n) is 5.93. The lowest BCUT2D eigenvalue weighted by Crippen LogP contribution is -2.52. The summed E-state index contributed by atoms with van der Waals surface area (Å²) in [6, 6.07) is 8.58. The number of carbonyl (C=O) groups excluding carboxylic acids is 2. The number of hydrogen-bond donors (Lipinski definition) is 0. The molecule has 2 amide bonds. The lowest BCUT2D eigenvalue weighted by molar-refractivity contribution is -0.193. The van der Waals surface area contributed by atoms with Crippen LogP contribution in [0.4, 0.5) is 13.2 Å². The second-order valence-electron chi connectivity index (χ2n) is 7.96. The maximum absolute atomic E-state index is 14.2. The molecule has 8 nitrogen and oxygen atoms in total. The summed E-state index contributed by atoms with van der Waals surface area (Å²) < 4.78 is 47.6. The molecule has 1 aromatic carbocycles. The summed E-state index contributed by atoms with van der Waals surface area (Å²) in [5.74, 6) is -1.04. The van der Waals surface area contributed by atoms with Gasteiger partial charge in [0.2, 0.25) is 23.5 Å². The Labute approximate surface area is 176 Å². The third kappa shape index (κ3) is 4.01. The summed E-state index contributed by atoms with van der Waals surface area (Å²) >= 11 is 0. The van der Waals surface area contributed by atoms with Gasteiger partial charge >= 0.3 is 6.18 Å². The van der Waals surface area contributed by atoms with Crippen LogP contribution in [0.15, 0.2) is 34.9 Å². The minimum absolute atomic E-state index is 0.0694. The summed E-state index contributed by atoms with van der Waals surface area (Å²) in [5.41, 5.74) is -1.87. The van der Waals surface area contributed by atoms with Gasteiger partial charge in [0.15, 0.2) is 5.41 Å². The molecule has 0 saturated carbocycles. The average molecular weight is 437 g/mol. The highest BCUT2D eigenvalue weighted by Crippen LogP contribution is 2.47. The van der Waals surface area contributed by atoms with Crippen LogP contribution in [0.5, 0.6) is 0 Å². The van der Waals surface area contributed by atoms with E-state index in [4.69, 9.17) is 4.52 Å². The third-order valence-corrected chi connectivity index (χ3v) is 5.93. The van der Waals surface area contributed by atoms with E-state index in [1.165, 1.54) is 4.90 Å². The summed E-state index contributed by atoms with van der Waals surface area (Å²) in [4.78, 5) is 32.9. The maximum Gasteiger partial charge on any atom is 0.405 e. The van der Waals surface area contributed by atoms with Crippen LogP contribution < -0.4 is 0 Å². The van der Waals surface area contributed by atoms with Crippen molar-refractivity contribution in [2.45, 2.75) is 18.0 Å². The predicted octanol–water partition coefficient (Wildman–Crippen LogP) is 1.54. The van der Waals surface area contributed by atoms with E-state index >= 15 is 0 Å². The highest BCUT2D eigenvalue weighted by Gasteiger charge is 2.63. The van der Waals surface area contributed by atoms with Gasteiger partial charge in [0, 0.05) is 38.8 Å². The first-order chi connectivity index (χ1) is 14.7. The van der Waals surface area contributed by atoms with Crippen molar-refractivity contribution in [3.05, 3.63) is 36.2 Å². The normalized spacial score (nSPS) is 22.9. The number of alkyl halides is 3. The molecule has 4 rings (SSSR count). The predicted molar refractivity (Wildman–Crippen MR) is 103 cm³/mol. The Kier molecular flexibility index (Phi) is 5.46. The smallest absolute Gasteiger partial charge is 0.343 e. The number of benzene rings is 1. The number of rotatable bonds is 4. The van der Waals surface area contributed by atoms with Crippen molar-refractivity contribution in [3.63, 3.8) is 0 Å². The number of aromatic nitrogens is 2. The molecule has 0 bridgehead atoms. The molecular formula is C20H22F3N5O3. The van der Waals surface area contributed by atoms with Crippen LogP contribution in [0.3, 0.4) is 0 Å². The molecule has 1 atom stereocenters. The zero-order valence-corrected chi connectivity index (χ0v) is 16.9. The zero-order chi connectivity index (χ0) is 22.2. The number of piperazine rings is 1. The van der Waals surface area contributed by atoms with Gasteiger partial charge in [0.25, 0.3) is 0 Å². The number of carbonyl (C=O) groups is 2. The average Bonchev–Trinajstić information content (AvgIpc) is 3.39. The Hall–Kier alpha value is -2.95. The van der Waals surface area contributed by atoms with Crippen LogP contribution in [0.25, 0.3) is 11.4 Å². The van der Waals surface area contributed by atoms with E-state index < -0.39 is 29.9 Å². The second kappa shape index (κ2) is 7.95. The van der Waals surface area contributed by atoms with Crippen molar-refractivity contribution in [2.24, 2.45) is 0 Å². The van der Waals surface area contributed by atoms with E-state index in [-0.39, 0.29) is 37.8 Å². The summed E-state index contributed by atoms with van der Waals surface area (Å²) in [5, 5.41) is 3.73. The van der Waals surface area contributed by atoms with Crippen molar-refractivity contribution >= 4 is 11.8 Å². The first-order valence-corrected chi connectivity index (χ1v) is 9.90. The number of likely N-dealkylation sites (N-methyl/N-ethyl adjacent to an activating group) is 1. The van der Waals surface area contributed by atoms with E-state index in [9.17, 15) is 22.8 Å². The highest BCUT2D eigenvalue weighted by atomic mass is 19.4. The molecule has 1 aromatic heterocycles. The van der Waals surface area contributed by atoms with Crippen LogP contribution in [0.2, 0.25) is 0 Å². The summed E-state index contributed by atoms with van der Waals surface area (Å²) in [6.07, 6.45) is -5.04. The molecule has 0 N–H and O–H groups in total. The van der Waals surface area contributed by atoms with Gasteiger partial charge in [-0.25, -0.2) is 0 Å². The molecule has 0 radical (unpaired) electrons. The molecule has 11 heteroatoms. The fourth-order valence-electron chi connectivity index (χ4n) is 3.91. The molecule has 2 aliphatic rings. The largest absolute Gasteiger partial charge is 0.405 e. The molecular weight excluding hydrogens is 415 g/mol. The Morgan fingerprint density at radius 3 is 2.61 bits per heavy atom. The molecule has 2 aromatic rings. The molecule has 1 unspecified atom stereocenters. The quantitative estimate of drug-likeness (QED) is 0.722. The Morgan fingerprint density at radius 2 is 1.94 bits per heavy atom. The van der Waals surface area contributed by atoms with Gasteiger partial charge in [0.05, 0.1) is 13.1 Å². The Bertz CT molecular complexity index is 964. The van der Waals surface area contributed by atoms with E-state index in [0.29, 0.717) is 18.7 Å². The van der Waals surface area contributed by atoms with Crippen LogP contribution >= 0.6 is 0 Å². The maximum atomic E-state index is 14.2. The molecule has 31 heavy (non-hydrogen) atoms. The lowest BCUT2D eigenvalue weighted by atomic mass is 9.86. The summed E-state index contributed by atoms with van der Waals surface area (Å²) in [6.45, 7) is 0.271. The number of hydrogen-bond acceptors (Lipinski definition) is 6. The van der Waals surface area contributed by atoms with Gasteiger partial charge < -0.3 is 14.3 Å². The Balaban J connectivity index is 1.52. The standard InChI is InChI=1S/C20H22F3N5O3/c1-26-9-10-27(11-15(26)29)12-16(30)28-8-7-19(13-28,20(21,22)23)18-24-17(25-31-18)14-5-3-2-4-6-14/h2-6H,7-13H2,1H3. The molecule has 3 heterocycles. The van der Waals surface area contributed by atoms with Gasteiger partial charge in [-0.15, -0.1) is 0 Å². The minimum atomic E-state index is -4.67. The van der Waals surface area contributed by atoms with Crippen LogP contribution in [0, 0.1) is 0 Å².